The number of carbonyl (C=O) groups excluding carboxylic acids is 1. The molecule has 1 atom stereocenters. The predicted octanol–water partition coefficient (Wildman–Crippen LogP) is 2.81. The highest BCUT2D eigenvalue weighted by atomic mass is 35.5. The van der Waals surface area contributed by atoms with Gasteiger partial charge in [0.25, 0.3) is 5.91 Å². The number of pyridine rings is 1. The Hall–Kier alpha value is -2.07. The Balaban J connectivity index is 2.11. The molecule has 0 spiro atoms. The number of para-hydroxylation sites is 1. The van der Waals surface area contributed by atoms with E-state index in [9.17, 15) is 4.79 Å². The zero-order valence-electron chi connectivity index (χ0n) is 10.4. The van der Waals surface area contributed by atoms with E-state index in [1.807, 2.05) is 25.1 Å². The summed E-state index contributed by atoms with van der Waals surface area (Å²) in [6.45, 7) is 1.87. The third-order valence-corrected chi connectivity index (χ3v) is 2.99. The van der Waals surface area contributed by atoms with Crippen LogP contribution in [0.15, 0.2) is 42.6 Å². The Morgan fingerprint density at radius 3 is 2.68 bits per heavy atom. The van der Waals surface area contributed by atoms with Gasteiger partial charge in [-0.3, -0.25) is 4.79 Å². The molecule has 19 heavy (non-hydrogen) atoms. The van der Waals surface area contributed by atoms with E-state index in [2.05, 4.69) is 10.3 Å². The topological polar surface area (TPSA) is 68.0 Å². The molecule has 0 saturated carbocycles. The number of carbonyl (C=O) groups is 1. The third-order valence-electron chi connectivity index (χ3n) is 2.77. The van der Waals surface area contributed by atoms with Crippen LogP contribution in [0.3, 0.4) is 0 Å². The molecular formula is C14H14ClN3O. The number of nitrogen functional groups attached to an aromatic ring is 1. The van der Waals surface area contributed by atoms with Crippen LogP contribution in [0.5, 0.6) is 0 Å². The van der Waals surface area contributed by atoms with Crippen molar-refractivity contribution in [2.75, 3.05) is 5.73 Å². The number of benzene rings is 1. The highest BCUT2D eigenvalue weighted by Crippen LogP contribution is 2.19. The first-order valence-electron chi connectivity index (χ1n) is 5.84. The lowest BCUT2D eigenvalue weighted by molar-refractivity contribution is 0.0935. The largest absolute Gasteiger partial charge is 0.398 e. The SMILES string of the molecule is CC(NC(=O)c1ccc(Cl)cn1)c1ccccc1N. The van der Waals surface area contributed by atoms with Gasteiger partial charge in [-0.15, -0.1) is 0 Å². The number of anilines is 1. The minimum absolute atomic E-state index is 0.189. The van der Waals surface area contributed by atoms with Gasteiger partial charge in [-0.25, -0.2) is 4.98 Å². The maximum absolute atomic E-state index is 12.0. The zero-order chi connectivity index (χ0) is 13.8. The molecule has 0 aliphatic rings. The molecule has 2 rings (SSSR count). The molecular weight excluding hydrogens is 262 g/mol. The number of halogens is 1. The number of rotatable bonds is 3. The highest BCUT2D eigenvalue weighted by molar-refractivity contribution is 6.30. The Kier molecular flexibility index (Phi) is 4.02. The molecule has 0 radical (unpaired) electrons. The van der Waals surface area contributed by atoms with Crippen LogP contribution in [0.25, 0.3) is 0 Å². The number of hydrogen-bond donors (Lipinski definition) is 2. The molecule has 1 amide bonds. The van der Waals surface area contributed by atoms with Gasteiger partial charge < -0.3 is 11.1 Å². The van der Waals surface area contributed by atoms with Crippen molar-refractivity contribution in [3.05, 3.63) is 58.9 Å². The fourth-order valence-electron chi connectivity index (χ4n) is 1.76. The molecule has 1 aromatic carbocycles. The number of nitrogens with zero attached hydrogens (tertiary/aromatic N) is 1. The maximum Gasteiger partial charge on any atom is 0.270 e. The monoisotopic (exact) mass is 275 g/mol. The molecule has 98 valence electrons. The summed E-state index contributed by atoms with van der Waals surface area (Å²) in [6, 6.07) is 10.5. The van der Waals surface area contributed by atoms with Gasteiger partial charge in [-0.2, -0.15) is 0 Å². The first kappa shape index (κ1) is 13.4. The van der Waals surface area contributed by atoms with Crippen molar-refractivity contribution in [3.63, 3.8) is 0 Å². The van der Waals surface area contributed by atoms with E-state index >= 15 is 0 Å². The Labute approximate surface area is 116 Å². The van der Waals surface area contributed by atoms with Crippen LogP contribution in [0.4, 0.5) is 5.69 Å². The van der Waals surface area contributed by atoms with Gasteiger partial charge >= 0.3 is 0 Å². The van der Waals surface area contributed by atoms with Crippen molar-refractivity contribution in [2.24, 2.45) is 0 Å². The van der Waals surface area contributed by atoms with Crippen LogP contribution in [-0.2, 0) is 0 Å². The van der Waals surface area contributed by atoms with E-state index in [0.29, 0.717) is 16.4 Å². The summed E-state index contributed by atoms with van der Waals surface area (Å²) in [4.78, 5) is 16.0. The molecule has 3 N–H and O–H groups in total. The molecule has 0 bridgehead atoms. The molecule has 5 heteroatoms. The smallest absolute Gasteiger partial charge is 0.270 e. The van der Waals surface area contributed by atoms with Crippen molar-refractivity contribution in [2.45, 2.75) is 13.0 Å². The van der Waals surface area contributed by atoms with Crippen LogP contribution in [0.2, 0.25) is 5.02 Å². The number of hydrogen-bond acceptors (Lipinski definition) is 3. The normalized spacial score (nSPS) is 11.9. The van der Waals surface area contributed by atoms with Crippen molar-refractivity contribution in [3.8, 4) is 0 Å². The number of amides is 1. The van der Waals surface area contributed by atoms with Gasteiger partial charge in [0, 0.05) is 11.9 Å². The van der Waals surface area contributed by atoms with Gasteiger partial charge in [0.05, 0.1) is 11.1 Å². The first-order chi connectivity index (χ1) is 9.08. The molecule has 0 aliphatic carbocycles. The lowest BCUT2D eigenvalue weighted by atomic mass is 10.1. The second-order valence-electron chi connectivity index (χ2n) is 4.19. The Morgan fingerprint density at radius 2 is 2.05 bits per heavy atom. The highest BCUT2D eigenvalue weighted by Gasteiger charge is 2.13. The summed E-state index contributed by atoms with van der Waals surface area (Å²) in [6.07, 6.45) is 1.44. The van der Waals surface area contributed by atoms with Gasteiger partial charge in [0.15, 0.2) is 0 Å². The molecule has 1 aromatic heterocycles. The second-order valence-corrected chi connectivity index (χ2v) is 4.62. The van der Waals surface area contributed by atoms with Crippen LogP contribution in [-0.4, -0.2) is 10.9 Å². The summed E-state index contributed by atoms with van der Waals surface area (Å²) in [7, 11) is 0. The summed E-state index contributed by atoms with van der Waals surface area (Å²) in [5.74, 6) is -0.257. The number of nitrogens with two attached hydrogens (primary N) is 1. The molecule has 0 saturated heterocycles. The van der Waals surface area contributed by atoms with Gasteiger partial charge in [-0.1, -0.05) is 29.8 Å². The van der Waals surface area contributed by atoms with Gasteiger partial charge in [-0.05, 0) is 30.7 Å². The van der Waals surface area contributed by atoms with Gasteiger partial charge in [0.1, 0.15) is 5.69 Å². The minimum Gasteiger partial charge on any atom is -0.398 e. The fraction of sp³-hybridized carbons (Fsp3) is 0.143. The summed E-state index contributed by atoms with van der Waals surface area (Å²) in [5, 5.41) is 3.35. The second kappa shape index (κ2) is 5.71. The van der Waals surface area contributed by atoms with E-state index in [1.54, 1.807) is 18.2 Å². The van der Waals surface area contributed by atoms with Crippen LogP contribution in [0.1, 0.15) is 29.0 Å². The molecule has 0 aliphatic heterocycles. The average molecular weight is 276 g/mol. The summed E-state index contributed by atoms with van der Waals surface area (Å²) in [5.41, 5.74) is 7.73. The number of nitrogens with one attached hydrogen (secondary N) is 1. The quantitative estimate of drug-likeness (QED) is 0.847. The average Bonchev–Trinajstić information content (AvgIpc) is 2.39. The van der Waals surface area contributed by atoms with Crippen LogP contribution >= 0.6 is 11.6 Å². The third kappa shape index (κ3) is 3.23. The van der Waals surface area contributed by atoms with Crippen LogP contribution in [0, 0.1) is 0 Å². The van der Waals surface area contributed by atoms with Crippen molar-refractivity contribution >= 4 is 23.2 Å². The van der Waals surface area contributed by atoms with E-state index in [-0.39, 0.29) is 11.9 Å². The summed E-state index contributed by atoms with van der Waals surface area (Å²) >= 11 is 5.73. The van der Waals surface area contributed by atoms with Crippen LogP contribution < -0.4 is 11.1 Å². The molecule has 4 nitrogen and oxygen atoms in total. The standard InChI is InChI=1S/C14H14ClN3O/c1-9(11-4-2-3-5-12(11)16)18-14(19)13-7-6-10(15)8-17-13/h2-9H,16H2,1H3,(H,18,19). The van der Waals surface area contributed by atoms with E-state index in [0.717, 1.165) is 5.56 Å². The maximum atomic E-state index is 12.0. The predicted molar refractivity (Wildman–Crippen MR) is 76.0 cm³/mol. The fourth-order valence-corrected chi connectivity index (χ4v) is 1.88. The summed E-state index contributed by atoms with van der Waals surface area (Å²) < 4.78 is 0. The Bertz CT molecular complexity index is 583. The minimum atomic E-state index is -0.257. The van der Waals surface area contributed by atoms with E-state index in [1.165, 1.54) is 6.20 Å². The van der Waals surface area contributed by atoms with Crippen molar-refractivity contribution in [1.82, 2.24) is 10.3 Å². The van der Waals surface area contributed by atoms with Crippen molar-refractivity contribution < 1.29 is 4.79 Å². The lowest BCUT2D eigenvalue weighted by Gasteiger charge is -2.15. The number of aromatic nitrogens is 1. The van der Waals surface area contributed by atoms with E-state index in [4.69, 9.17) is 17.3 Å². The van der Waals surface area contributed by atoms with Gasteiger partial charge in [0.2, 0.25) is 0 Å². The molecule has 1 heterocycles. The first-order valence-corrected chi connectivity index (χ1v) is 6.22. The lowest BCUT2D eigenvalue weighted by Crippen LogP contribution is -2.27. The molecule has 2 aromatic rings. The van der Waals surface area contributed by atoms with Crippen molar-refractivity contribution in [1.29, 1.82) is 0 Å². The molecule has 1 unspecified atom stereocenters. The Morgan fingerprint density at radius 1 is 1.32 bits per heavy atom. The van der Waals surface area contributed by atoms with E-state index < -0.39 is 0 Å². The molecule has 0 fully saturated rings. The zero-order valence-corrected chi connectivity index (χ0v) is 11.2.